The maximum atomic E-state index is 12.3. The third-order valence-corrected chi connectivity index (χ3v) is 2.47. The van der Waals surface area contributed by atoms with Crippen molar-refractivity contribution in [2.75, 3.05) is 0 Å². The van der Waals surface area contributed by atoms with Crippen LogP contribution in [0.5, 0.6) is 0 Å². The Morgan fingerprint density at radius 1 is 0.909 bits per heavy atom. The first-order valence-corrected chi connectivity index (χ1v) is 3.30. The fraction of sp³-hybridized carbons (Fsp3) is 1.00. The second kappa shape index (κ2) is 1.54. The number of hydrogen-bond acceptors (Lipinski definition) is 0. The van der Waals surface area contributed by atoms with Gasteiger partial charge in [0, 0.05) is 5.92 Å². The smallest absolute Gasteiger partial charge is 0.196 e. The Kier molecular flexibility index (Phi) is 1.02. The molecule has 0 heterocycles. The molecular formula is C6H5F5. The van der Waals surface area contributed by atoms with Gasteiger partial charge in [0.25, 0.3) is 0 Å². The molecule has 0 nitrogen and oxygen atoms in total. The molecule has 2 aliphatic rings. The average Bonchev–Trinajstić information content (AvgIpc) is 2.38. The normalized spacial score (nSPS) is 41.7. The van der Waals surface area contributed by atoms with Crippen LogP contribution in [0.4, 0.5) is 22.0 Å². The molecule has 0 radical (unpaired) electrons. The summed E-state index contributed by atoms with van der Waals surface area (Å²) < 4.78 is 59.2. The van der Waals surface area contributed by atoms with Crippen LogP contribution in [0.3, 0.4) is 0 Å². The molecule has 2 fully saturated rings. The van der Waals surface area contributed by atoms with E-state index in [-0.39, 0.29) is 11.8 Å². The van der Waals surface area contributed by atoms with E-state index in [4.69, 9.17) is 0 Å². The Balaban J connectivity index is 2.09. The molecule has 2 rings (SSSR count). The van der Waals surface area contributed by atoms with Crippen LogP contribution in [-0.2, 0) is 0 Å². The number of rotatable bonds is 1. The molecule has 0 bridgehead atoms. The van der Waals surface area contributed by atoms with E-state index in [1.807, 2.05) is 0 Å². The highest BCUT2D eigenvalue weighted by atomic mass is 19.4. The summed E-state index contributed by atoms with van der Waals surface area (Å²) in [6.45, 7) is 0. The molecule has 0 aliphatic heterocycles. The van der Waals surface area contributed by atoms with Crippen LogP contribution in [0.15, 0.2) is 0 Å². The van der Waals surface area contributed by atoms with Crippen molar-refractivity contribution >= 4 is 0 Å². The fourth-order valence-corrected chi connectivity index (χ4v) is 1.50. The summed E-state index contributed by atoms with van der Waals surface area (Å²) in [4.78, 5) is 0. The van der Waals surface area contributed by atoms with E-state index in [2.05, 4.69) is 0 Å². The molecule has 64 valence electrons. The van der Waals surface area contributed by atoms with Crippen LogP contribution in [0.25, 0.3) is 0 Å². The van der Waals surface area contributed by atoms with Crippen molar-refractivity contribution in [3.05, 3.63) is 0 Å². The van der Waals surface area contributed by atoms with Gasteiger partial charge < -0.3 is 0 Å². The molecule has 5 heteroatoms. The zero-order chi connectivity index (χ0) is 8.44. The maximum absolute atomic E-state index is 12.3. The molecule has 0 aromatic carbocycles. The lowest BCUT2D eigenvalue weighted by Gasteiger charge is -2.21. The second-order valence-corrected chi connectivity index (χ2v) is 3.21. The predicted octanol–water partition coefficient (Wildman–Crippen LogP) is 2.45. The Morgan fingerprint density at radius 2 is 1.36 bits per heavy atom. The van der Waals surface area contributed by atoms with Crippen molar-refractivity contribution in [3.63, 3.8) is 0 Å². The molecule has 2 unspecified atom stereocenters. The van der Waals surface area contributed by atoms with Gasteiger partial charge >= 0.3 is 12.1 Å². The van der Waals surface area contributed by atoms with Crippen molar-refractivity contribution in [2.45, 2.75) is 18.5 Å². The largest absolute Gasteiger partial charge is 0.453 e. The van der Waals surface area contributed by atoms with Crippen LogP contribution >= 0.6 is 0 Å². The van der Waals surface area contributed by atoms with Gasteiger partial charge in [-0.3, -0.25) is 0 Å². The minimum absolute atomic E-state index is 0.327. The second-order valence-electron chi connectivity index (χ2n) is 3.21. The molecule has 2 saturated carbocycles. The summed E-state index contributed by atoms with van der Waals surface area (Å²) in [5.41, 5.74) is 0. The molecule has 11 heavy (non-hydrogen) atoms. The van der Waals surface area contributed by atoms with E-state index in [0.29, 0.717) is 6.42 Å². The minimum Gasteiger partial charge on any atom is -0.196 e. The first-order chi connectivity index (χ1) is 4.86. The highest BCUT2D eigenvalue weighted by Crippen LogP contribution is 2.74. The SMILES string of the molecule is FC(F)(F)C(F)(F)C1C2CC21. The third-order valence-electron chi connectivity index (χ3n) is 2.47. The summed E-state index contributed by atoms with van der Waals surface area (Å²) in [5, 5.41) is 0. The molecule has 0 saturated heterocycles. The van der Waals surface area contributed by atoms with Gasteiger partial charge in [-0.1, -0.05) is 0 Å². The summed E-state index contributed by atoms with van der Waals surface area (Å²) in [6.07, 6.45) is -4.78. The predicted molar refractivity (Wildman–Crippen MR) is 26.1 cm³/mol. The first kappa shape index (κ1) is 7.31. The number of hydrogen-bond donors (Lipinski definition) is 0. The van der Waals surface area contributed by atoms with E-state index in [9.17, 15) is 22.0 Å². The Hall–Kier alpha value is -0.350. The molecule has 0 aromatic heterocycles. The fourth-order valence-electron chi connectivity index (χ4n) is 1.50. The number of halogens is 5. The van der Waals surface area contributed by atoms with Crippen molar-refractivity contribution in [3.8, 4) is 0 Å². The quantitative estimate of drug-likeness (QED) is 0.533. The standard InChI is InChI=1S/C6H5F5/c7-5(8,6(9,10)11)4-2-1-3(2)4/h2-4H,1H2. The van der Waals surface area contributed by atoms with Crippen molar-refractivity contribution in [1.29, 1.82) is 0 Å². The lowest BCUT2D eigenvalue weighted by molar-refractivity contribution is -0.296. The molecule has 0 amide bonds. The van der Waals surface area contributed by atoms with Gasteiger partial charge in [0.2, 0.25) is 0 Å². The third kappa shape index (κ3) is 0.795. The van der Waals surface area contributed by atoms with E-state index in [0.717, 1.165) is 0 Å². The lowest BCUT2D eigenvalue weighted by Crippen LogP contribution is -2.40. The minimum atomic E-state index is -5.34. The summed E-state index contributed by atoms with van der Waals surface area (Å²) in [6, 6.07) is 0. The van der Waals surface area contributed by atoms with Crippen molar-refractivity contribution < 1.29 is 22.0 Å². The zero-order valence-corrected chi connectivity index (χ0v) is 5.33. The number of fused-ring (bicyclic) bond motifs is 1. The summed E-state index contributed by atoms with van der Waals surface area (Å²) in [5.74, 6) is -6.47. The topological polar surface area (TPSA) is 0 Å². The Labute approximate surface area is 59.4 Å². The van der Waals surface area contributed by atoms with Crippen molar-refractivity contribution in [2.24, 2.45) is 17.8 Å². The van der Waals surface area contributed by atoms with Crippen LogP contribution in [0.1, 0.15) is 6.42 Å². The molecular weight excluding hydrogens is 167 g/mol. The van der Waals surface area contributed by atoms with Gasteiger partial charge in [-0.2, -0.15) is 22.0 Å². The average molecular weight is 172 g/mol. The highest BCUT2D eigenvalue weighted by molar-refractivity contribution is 5.18. The van der Waals surface area contributed by atoms with Crippen LogP contribution in [-0.4, -0.2) is 12.1 Å². The van der Waals surface area contributed by atoms with E-state index in [1.165, 1.54) is 0 Å². The number of alkyl halides is 5. The van der Waals surface area contributed by atoms with E-state index >= 15 is 0 Å². The highest BCUT2D eigenvalue weighted by Gasteiger charge is 2.80. The van der Waals surface area contributed by atoms with Crippen LogP contribution in [0, 0.1) is 17.8 Å². The van der Waals surface area contributed by atoms with Crippen molar-refractivity contribution in [1.82, 2.24) is 0 Å². The lowest BCUT2D eigenvalue weighted by atomic mass is 10.1. The molecule has 2 aliphatic carbocycles. The van der Waals surface area contributed by atoms with Gasteiger partial charge in [0.1, 0.15) is 0 Å². The molecule has 0 aromatic rings. The monoisotopic (exact) mass is 172 g/mol. The van der Waals surface area contributed by atoms with Crippen LogP contribution in [0.2, 0.25) is 0 Å². The Morgan fingerprint density at radius 3 is 1.45 bits per heavy atom. The first-order valence-electron chi connectivity index (χ1n) is 3.30. The van der Waals surface area contributed by atoms with E-state index in [1.54, 1.807) is 0 Å². The van der Waals surface area contributed by atoms with Gasteiger partial charge in [0.15, 0.2) is 0 Å². The van der Waals surface area contributed by atoms with Gasteiger partial charge in [-0.15, -0.1) is 0 Å². The van der Waals surface area contributed by atoms with Crippen LogP contribution < -0.4 is 0 Å². The molecule has 0 spiro atoms. The zero-order valence-electron chi connectivity index (χ0n) is 5.33. The Bertz CT molecular complexity index is 186. The van der Waals surface area contributed by atoms with Gasteiger partial charge in [-0.05, 0) is 18.3 Å². The molecule has 2 atom stereocenters. The van der Waals surface area contributed by atoms with E-state index < -0.39 is 18.0 Å². The van der Waals surface area contributed by atoms with Gasteiger partial charge in [-0.25, -0.2) is 0 Å². The summed E-state index contributed by atoms with van der Waals surface area (Å²) >= 11 is 0. The maximum Gasteiger partial charge on any atom is 0.453 e. The van der Waals surface area contributed by atoms with Gasteiger partial charge in [0.05, 0.1) is 0 Å². The summed E-state index contributed by atoms with van der Waals surface area (Å²) in [7, 11) is 0. The molecule has 0 N–H and O–H groups in total.